The van der Waals surface area contributed by atoms with E-state index >= 15 is 0 Å². The molecule has 0 aliphatic heterocycles. The van der Waals surface area contributed by atoms with Gasteiger partial charge in [-0.3, -0.25) is 0 Å². The van der Waals surface area contributed by atoms with Crippen molar-refractivity contribution in [2.45, 2.75) is 19.8 Å². The molecule has 1 radical (unpaired) electrons. The first-order valence-corrected chi connectivity index (χ1v) is 1.71. The van der Waals surface area contributed by atoms with Crippen molar-refractivity contribution in [1.29, 1.82) is 0 Å². The molecular weight excluding hydrogens is 180 g/mol. The molecule has 2 heteroatoms. The van der Waals surface area contributed by atoms with Crippen LogP contribution in [0.25, 0.3) is 0 Å². The van der Waals surface area contributed by atoms with Crippen LogP contribution < -0.4 is 0 Å². The number of unbranched alkanes of at least 4 members (excludes halogenated alkanes) is 1. The van der Waals surface area contributed by atoms with Crippen LogP contribution in [0.3, 0.4) is 0 Å². The van der Waals surface area contributed by atoms with E-state index in [2.05, 4.69) is 13.8 Å². The number of hydrogen-bond acceptors (Lipinski definition) is 0. The summed E-state index contributed by atoms with van der Waals surface area (Å²) < 4.78 is 0. The molecule has 0 heterocycles. The largest absolute Gasteiger partial charge is 1.00 e. The smallest absolute Gasteiger partial charge is 0.343 e. The van der Waals surface area contributed by atoms with Gasteiger partial charge < -0.3 is 6.92 Å². The van der Waals surface area contributed by atoms with Gasteiger partial charge in [-0.25, -0.2) is 0 Å². The van der Waals surface area contributed by atoms with Gasteiger partial charge in [-0.2, -0.15) is 16.3 Å². The molecule has 0 aliphatic carbocycles. The molecule has 0 N–H and O–H groups in total. The van der Waals surface area contributed by atoms with Crippen molar-refractivity contribution in [3.63, 3.8) is 0 Å². The molecule has 1 atom stereocenters. The Morgan fingerprint density at radius 2 is 1.67 bits per heavy atom. The Balaban J connectivity index is -0.0000000450. The Kier molecular flexibility index (Phi) is 43.5. The molecule has 0 amide bonds. The number of rotatable bonds is 1. The minimum absolute atomic E-state index is 0. The second kappa shape index (κ2) is 16.6. The van der Waals surface area contributed by atoms with Crippen LogP contribution in [0.1, 0.15) is 19.8 Å². The van der Waals surface area contributed by atoms with Gasteiger partial charge in [0.05, 0.1) is 0 Å². The van der Waals surface area contributed by atoms with Gasteiger partial charge in [0, 0.05) is 0 Å². The Morgan fingerprint density at radius 1 is 1.50 bits per heavy atom. The maximum atomic E-state index is 3.60. The Bertz CT molecular complexity index is 9.51. The van der Waals surface area contributed by atoms with Gasteiger partial charge in [0.2, 0.25) is 0 Å². The van der Waals surface area contributed by atoms with E-state index in [-0.39, 0.29) is 29.4 Å². The summed E-state index contributed by atoms with van der Waals surface area (Å²) in [5.74, 6) is 0. The summed E-state index contributed by atoms with van der Waals surface area (Å²) in [6.07, 6.45) is 2.28. The van der Waals surface area contributed by atoms with Crippen LogP contribution in [0.5, 0.6) is 0 Å². The van der Waals surface area contributed by atoms with Gasteiger partial charge in [-0.1, -0.05) is 13.3 Å². The normalized spacial score (nSPS) is 5.00. The molecule has 0 aliphatic rings. The third-order valence-electron chi connectivity index (χ3n) is 0.354. The van der Waals surface area contributed by atoms with Crippen LogP contribution in [0.2, 0.25) is 0 Å². The summed E-state index contributed by atoms with van der Waals surface area (Å²) in [6, 6.07) is 0. The summed E-state index contributed by atoms with van der Waals surface area (Å²) in [7, 11) is 0. The molecule has 41 valence electrons. The molecule has 1 unspecified atom stereocenters. The molecule has 0 saturated heterocycles. The first kappa shape index (κ1) is 15.7. The monoisotopic (exact) mass is 193 g/mol. The minimum atomic E-state index is 0. The van der Waals surface area contributed by atoms with Gasteiger partial charge in [0.15, 0.2) is 0 Å². The summed E-state index contributed by atoms with van der Waals surface area (Å²) in [5.41, 5.74) is 0. The summed E-state index contributed by atoms with van der Waals surface area (Å²) in [5, 5.41) is 0. The van der Waals surface area contributed by atoms with Gasteiger partial charge in [0.1, 0.15) is 0 Å². The molecule has 0 saturated carbocycles. The summed E-state index contributed by atoms with van der Waals surface area (Å²) in [4.78, 5) is 0. The van der Waals surface area contributed by atoms with Crippen LogP contribution >= 0.6 is 9.90 Å². The van der Waals surface area contributed by atoms with Crippen LogP contribution in [0, 0.1) is 6.92 Å². The van der Waals surface area contributed by atoms with Crippen molar-refractivity contribution in [1.82, 2.24) is 0 Å². The molecule has 0 nitrogen and oxygen atoms in total. The van der Waals surface area contributed by atoms with E-state index in [9.17, 15) is 0 Å². The van der Waals surface area contributed by atoms with Crippen molar-refractivity contribution in [2.24, 2.45) is 0 Å². The predicted octanol–water partition coefficient (Wildman–Crippen LogP) is 1.68. The molecule has 0 bridgehead atoms. The fourth-order valence-electron chi connectivity index (χ4n) is 0. The van der Waals surface area contributed by atoms with Gasteiger partial charge in [-0.05, 0) is 0 Å². The topological polar surface area (TPSA) is 0 Å². The Morgan fingerprint density at radius 3 is 1.67 bits per heavy atom. The maximum absolute atomic E-state index is 3.60. The number of hydrogen-bond donors (Lipinski definition) is 0. The van der Waals surface area contributed by atoms with E-state index in [1.54, 1.807) is 0 Å². The van der Waals surface area contributed by atoms with Crippen LogP contribution in [0.4, 0.5) is 0 Å². The zero-order valence-corrected chi connectivity index (χ0v) is 7.33. The van der Waals surface area contributed by atoms with E-state index in [1.165, 1.54) is 6.42 Å². The van der Waals surface area contributed by atoms with E-state index in [0.29, 0.717) is 0 Å². The standard InChI is InChI=1S/C4H9.H3P.Ru/c1-3-4-2;;/h1,3-4H2,2H3;1H3;/q-1;;+1. The maximum Gasteiger partial charge on any atom is 1.00 e. The van der Waals surface area contributed by atoms with E-state index in [1.807, 2.05) is 0 Å². The quantitative estimate of drug-likeness (QED) is 0.337. The van der Waals surface area contributed by atoms with Crippen LogP contribution in [0.15, 0.2) is 0 Å². The summed E-state index contributed by atoms with van der Waals surface area (Å²) in [6.45, 7) is 5.72. The van der Waals surface area contributed by atoms with Crippen molar-refractivity contribution in [3.8, 4) is 0 Å². The van der Waals surface area contributed by atoms with Crippen LogP contribution in [-0.2, 0) is 19.5 Å². The third kappa shape index (κ3) is 19.7. The fraction of sp³-hybridized carbons (Fsp3) is 0.750. The van der Waals surface area contributed by atoms with Crippen molar-refractivity contribution >= 4 is 9.90 Å². The molecule has 0 aromatic carbocycles. The zero-order chi connectivity index (χ0) is 3.41. The third-order valence-corrected chi connectivity index (χ3v) is 0.354. The van der Waals surface area contributed by atoms with Crippen molar-refractivity contribution < 1.29 is 19.5 Å². The Hall–Kier alpha value is 1.05. The fourth-order valence-corrected chi connectivity index (χ4v) is 0. The Labute approximate surface area is 56.5 Å². The van der Waals surface area contributed by atoms with Gasteiger partial charge in [0.25, 0.3) is 0 Å². The van der Waals surface area contributed by atoms with E-state index < -0.39 is 0 Å². The second-order valence-electron chi connectivity index (χ2n) is 0.854. The second-order valence-corrected chi connectivity index (χ2v) is 0.854. The summed E-state index contributed by atoms with van der Waals surface area (Å²) >= 11 is 0. The molecule has 0 fully saturated rings. The molecule has 0 spiro atoms. The molecule has 0 aromatic rings. The SMILES string of the molecule is P.[CH2-]CCC.[Ru+]. The molecule has 0 rings (SSSR count). The van der Waals surface area contributed by atoms with E-state index in [4.69, 9.17) is 0 Å². The van der Waals surface area contributed by atoms with Gasteiger partial charge in [-0.15, -0.1) is 0 Å². The predicted molar refractivity (Wildman–Crippen MR) is 31.4 cm³/mol. The van der Waals surface area contributed by atoms with Gasteiger partial charge >= 0.3 is 19.5 Å². The first-order chi connectivity index (χ1) is 1.91. The molecule has 6 heavy (non-hydrogen) atoms. The average Bonchev–Trinajstić information content (AvgIpc) is 1.37. The minimum Gasteiger partial charge on any atom is -0.343 e. The first-order valence-electron chi connectivity index (χ1n) is 1.71. The van der Waals surface area contributed by atoms with E-state index in [0.717, 1.165) is 6.42 Å². The van der Waals surface area contributed by atoms with Crippen molar-refractivity contribution in [3.05, 3.63) is 6.92 Å². The van der Waals surface area contributed by atoms with Crippen LogP contribution in [-0.4, -0.2) is 0 Å². The zero-order valence-electron chi connectivity index (χ0n) is 4.18. The molecule has 0 aromatic heterocycles. The average molecular weight is 192 g/mol. The van der Waals surface area contributed by atoms with Crippen molar-refractivity contribution in [2.75, 3.05) is 0 Å². The molecular formula is C4H12PRu.